The van der Waals surface area contributed by atoms with E-state index in [1.165, 1.54) is 0 Å². The minimum Gasteiger partial charge on any atom is -0.348 e. The zero-order chi connectivity index (χ0) is 18.3. The second-order valence-corrected chi connectivity index (χ2v) is 6.91. The number of rotatable bonds is 3. The Labute approximate surface area is 155 Å². The summed E-state index contributed by atoms with van der Waals surface area (Å²) >= 11 is 5.88. The molecule has 0 saturated carbocycles. The highest BCUT2D eigenvalue weighted by Crippen LogP contribution is 2.21. The molecule has 0 radical (unpaired) electrons. The van der Waals surface area contributed by atoms with Gasteiger partial charge >= 0.3 is 0 Å². The van der Waals surface area contributed by atoms with Crippen molar-refractivity contribution >= 4 is 28.4 Å². The van der Waals surface area contributed by atoms with Gasteiger partial charge in [-0.2, -0.15) is 0 Å². The van der Waals surface area contributed by atoms with Crippen molar-refractivity contribution in [2.75, 3.05) is 18.6 Å². The van der Waals surface area contributed by atoms with Crippen LogP contribution in [-0.2, 0) is 13.0 Å². The maximum atomic E-state index is 12.9. The van der Waals surface area contributed by atoms with Crippen LogP contribution in [0.5, 0.6) is 0 Å². The van der Waals surface area contributed by atoms with Crippen molar-refractivity contribution in [3.63, 3.8) is 0 Å². The molecule has 1 amide bonds. The van der Waals surface area contributed by atoms with Crippen LogP contribution in [0.1, 0.15) is 21.5 Å². The van der Waals surface area contributed by atoms with E-state index < -0.39 is 0 Å². The first-order valence-electron chi connectivity index (χ1n) is 8.46. The van der Waals surface area contributed by atoms with Gasteiger partial charge in [-0.15, -0.1) is 0 Å². The number of halogens is 1. The molecule has 2 aromatic carbocycles. The summed E-state index contributed by atoms with van der Waals surface area (Å²) in [6, 6.07) is 12.9. The monoisotopic (exact) mass is 367 g/mol. The van der Waals surface area contributed by atoms with Crippen LogP contribution >= 0.6 is 11.6 Å². The topological polar surface area (TPSA) is 54.3 Å². The maximum Gasteiger partial charge on any atom is 0.257 e. The molecule has 4 rings (SSSR count). The first-order chi connectivity index (χ1) is 12.5. The van der Waals surface area contributed by atoms with Crippen molar-refractivity contribution in [1.82, 2.24) is 9.99 Å². The number of aromatic nitrogens is 1. The van der Waals surface area contributed by atoms with E-state index >= 15 is 0 Å². The number of hydrogen-bond acceptors (Lipinski definition) is 3. The Balaban J connectivity index is 1.70. The number of pyridine rings is 1. The molecule has 0 aliphatic carbocycles. The van der Waals surface area contributed by atoms with E-state index in [0.717, 1.165) is 29.6 Å². The van der Waals surface area contributed by atoms with E-state index in [4.69, 9.17) is 11.6 Å². The van der Waals surface area contributed by atoms with Crippen molar-refractivity contribution in [1.29, 1.82) is 0 Å². The number of nitrogens with one attached hydrogen (secondary N) is 1. The molecule has 6 heteroatoms. The SMILES string of the molecule is CN1CCc2cccc3c(=O)c(C(=O)NCc4ccc(Cl)cc4)cn1c23. The lowest BCUT2D eigenvalue weighted by atomic mass is 10.0. The van der Waals surface area contributed by atoms with Gasteiger partial charge in [-0.25, -0.2) is 0 Å². The van der Waals surface area contributed by atoms with Gasteiger partial charge in [0.25, 0.3) is 5.91 Å². The molecule has 0 unspecified atom stereocenters. The number of carbonyl (C=O) groups is 1. The van der Waals surface area contributed by atoms with Crippen LogP contribution in [0, 0.1) is 0 Å². The molecule has 0 bridgehead atoms. The number of nitrogens with zero attached hydrogens (tertiary/aromatic N) is 2. The zero-order valence-corrected chi connectivity index (χ0v) is 15.1. The number of amides is 1. The van der Waals surface area contributed by atoms with Crippen LogP contribution < -0.4 is 15.8 Å². The minimum absolute atomic E-state index is 0.150. The second-order valence-electron chi connectivity index (χ2n) is 6.47. The summed E-state index contributed by atoms with van der Waals surface area (Å²) in [5.41, 5.74) is 2.86. The van der Waals surface area contributed by atoms with Crippen LogP contribution in [0.15, 0.2) is 53.5 Å². The smallest absolute Gasteiger partial charge is 0.257 e. The van der Waals surface area contributed by atoms with Crippen LogP contribution in [0.4, 0.5) is 0 Å². The summed E-state index contributed by atoms with van der Waals surface area (Å²) < 4.78 is 1.91. The Morgan fingerprint density at radius 3 is 2.73 bits per heavy atom. The van der Waals surface area contributed by atoms with E-state index in [2.05, 4.69) is 5.32 Å². The van der Waals surface area contributed by atoms with E-state index in [1.807, 2.05) is 41.0 Å². The van der Waals surface area contributed by atoms with Crippen molar-refractivity contribution in [3.8, 4) is 0 Å². The van der Waals surface area contributed by atoms with Crippen LogP contribution in [0.2, 0.25) is 5.02 Å². The quantitative estimate of drug-likeness (QED) is 0.774. The molecular formula is C20H18ClN3O2. The fraction of sp³-hybridized carbons (Fsp3) is 0.200. The number of para-hydroxylation sites is 1. The molecule has 5 nitrogen and oxygen atoms in total. The lowest BCUT2D eigenvalue weighted by Gasteiger charge is -2.30. The van der Waals surface area contributed by atoms with Crippen LogP contribution in [0.3, 0.4) is 0 Å². The van der Waals surface area contributed by atoms with Gasteiger partial charge in [0.15, 0.2) is 0 Å². The summed E-state index contributed by atoms with van der Waals surface area (Å²) in [7, 11) is 1.95. The molecule has 0 fully saturated rings. The summed E-state index contributed by atoms with van der Waals surface area (Å²) in [5, 5.41) is 6.07. The van der Waals surface area contributed by atoms with Crippen LogP contribution in [-0.4, -0.2) is 24.2 Å². The number of carbonyl (C=O) groups excluding carboxylic acids is 1. The standard InChI is InChI=1S/C20H18ClN3O2/c1-23-10-9-14-3-2-4-16-18(14)24(23)12-17(19(16)25)20(26)22-11-13-5-7-15(21)8-6-13/h2-8,12H,9-11H2,1H3,(H,22,26). The van der Waals surface area contributed by atoms with Gasteiger partial charge in [-0.1, -0.05) is 35.9 Å². The number of benzene rings is 2. The van der Waals surface area contributed by atoms with E-state index in [1.54, 1.807) is 24.4 Å². The minimum atomic E-state index is -0.375. The lowest BCUT2D eigenvalue weighted by molar-refractivity contribution is 0.0949. The summed E-state index contributed by atoms with van der Waals surface area (Å²) in [6.45, 7) is 1.17. The predicted molar refractivity (Wildman–Crippen MR) is 104 cm³/mol. The van der Waals surface area contributed by atoms with Crippen molar-refractivity contribution < 1.29 is 4.79 Å². The molecule has 3 aromatic rings. The average Bonchev–Trinajstić information content (AvgIpc) is 2.65. The highest BCUT2D eigenvalue weighted by atomic mass is 35.5. The molecule has 0 atom stereocenters. The third-order valence-corrected chi connectivity index (χ3v) is 5.02. The molecule has 26 heavy (non-hydrogen) atoms. The Morgan fingerprint density at radius 2 is 1.96 bits per heavy atom. The average molecular weight is 368 g/mol. The fourth-order valence-electron chi connectivity index (χ4n) is 3.34. The molecule has 1 aromatic heterocycles. The van der Waals surface area contributed by atoms with Gasteiger partial charge in [0, 0.05) is 36.7 Å². The number of likely N-dealkylation sites (N-methyl/N-ethyl adjacent to an activating group) is 1. The molecule has 132 valence electrons. The van der Waals surface area contributed by atoms with Crippen molar-refractivity contribution in [2.45, 2.75) is 13.0 Å². The third kappa shape index (κ3) is 2.84. The highest BCUT2D eigenvalue weighted by Gasteiger charge is 2.21. The maximum absolute atomic E-state index is 12.9. The lowest BCUT2D eigenvalue weighted by Crippen LogP contribution is -2.39. The van der Waals surface area contributed by atoms with Crippen molar-refractivity contribution in [3.05, 3.63) is 80.6 Å². The van der Waals surface area contributed by atoms with E-state index in [0.29, 0.717) is 17.0 Å². The molecule has 0 spiro atoms. The molecule has 1 aliphatic rings. The number of hydrogen-bond donors (Lipinski definition) is 1. The zero-order valence-electron chi connectivity index (χ0n) is 14.3. The van der Waals surface area contributed by atoms with Gasteiger partial charge in [-0.3, -0.25) is 14.3 Å². The third-order valence-electron chi connectivity index (χ3n) is 4.77. The Morgan fingerprint density at radius 1 is 1.19 bits per heavy atom. The molecule has 1 aliphatic heterocycles. The van der Waals surface area contributed by atoms with Gasteiger partial charge in [0.05, 0.1) is 5.52 Å². The Hall–Kier alpha value is -2.79. The second kappa shape index (κ2) is 6.50. The van der Waals surface area contributed by atoms with Crippen LogP contribution in [0.25, 0.3) is 10.9 Å². The van der Waals surface area contributed by atoms with Gasteiger partial charge in [0.2, 0.25) is 5.43 Å². The van der Waals surface area contributed by atoms with Gasteiger partial charge < -0.3 is 10.3 Å². The first-order valence-corrected chi connectivity index (χ1v) is 8.84. The van der Waals surface area contributed by atoms with Gasteiger partial charge in [-0.05, 0) is 35.7 Å². The summed E-state index contributed by atoms with van der Waals surface area (Å²) in [5.74, 6) is -0.375. The summed E-state index contributed by atoms with van der Waals surface area (Å²) in [6.07, 6.45) is 2.53. The fourth-order valence-corrected chi connectivity index (χ4v) is 3.46. The largest absolute Gasteiger partial charge is 0.348 e. The summed E-state index contributed by atoms with van der Waals surface area (Å²) in [4.78, 5) is 25.5. The normalized spacial score (nSPS) is 13.1. The Kier molecular flexibility index (Phi) is 4.17. The molecule has 1 N–H and O–H groups in total. The molecule has 0 saturated heterocycles. The van der Waals surface area contributed by atoms with E-state index in [9.17, 15) is 9.59 Å². The molecular weight excluding hydrogens is 350 g/mol. The van der Waals surface area contributed by atoms with E-state index in [-0.39, 0.29) is 16.9 Å². The highest BCUT2D eigenvalue weighted by molar-refractivity contribution is 6.30. The van der Waals surface area contributed by atoms with Gasteiger partial charge in [0.1, 0.15) is 5.56 Å². The Bertz CT molecular complexity index is 1060. The predicted octanol–water partition coefficient (Wildman–Crippen LogP) is 2.71. The van der Waals surface area contributed by atoms with Crippen molar-refractivity contribution in [2.24, 2.45) is 0 Å². The first kappa shape index (κ1) is 16.7. The molecule has 2 heterocycles.